The number of halogens is 1. The maximum atomic E-state index is 5.27. The maximum absolute atomic E-state index is 5.27. The number of benzene rings is 1. The van der Waals surface area contributed by atoms with Gasteiger partial charge in [-0.15, -0.1) is 6.07 Å². The van der Waals surface area contributed by atoms with Gasteiger partial charge in [0.25, 0.3) is 0 Å². The van der Waals surface area contributed by atoms with Crippen LogP contribution in [-0.4, -0.2) is 29.7 Å². The van der Waals surface area contributed by atoms with Crippen LogP contribution in [0.5, 0.6) is 5.75 Å². The van der Waals surface area contributed by atoms with Crippen molar-refractivity contribution in [3.05, 3.63) is 36.8 Å². The van der Waals surface area contributed by atoms with E-state index in [1.54, 1.807) is 0 Å². The fourth-order valence-corrected chi connectivity index (χ4v) is 0.800. The molecule has 0 N–H and O–H groups in total. The third kappa shape index (κ3) is 4.23. The molecule has 3 heteroatoms. The quantitative estimate of drug-likeness (QED) is 0.470. The Hall–Kier alpha value is 0.136. The third-order valence-electron chi connectivity index (χ3n) is 1.27. The van der Waals surface area contributed by atoms with Gasteiger partial charge in [-0.2, -0.15) is 18.6 Å². The molecule has 0 saturated heterocycles. The number of ether oxygens (including phenoxy) is 1. The maximum Gasteiger partial charge on any atom is 2.00 e. The fourth-order valence-electron chi connectivity index (χ4n) is 0.800. The number of hydrogen-bond acceptors (Lipinski definition) is 1. The second-order valence-electron chi connectivity index (χ2n) is 2.04. The molecule has 0 bridgehead atoms. The van der Waals surface area contributed by atoms with Gasteiger partial charge in [0.1, 0.15) is 0 Å². The number of hydrogen-bond donors (Lipinski definition) is 0. The Labute approximate surface area is 100 Å². The van der Waals surface area contributed by atoms with E-state index >= 15 is 0 Å². The van der Waals surface area contributed by atoms with E-state index in [0.717, 1.165) is 11.3 Å². The van der Waals surface area contributed by atoms with E-state index in [0.29, 0.717) is 6.61 Å². The van der Waals surface area contributed by atoms with E-state index < -0.39 is 0 Å². The van der Waals surface area contributed by atoms with Gasteiger partial charge < -0.3 is 21.7 Å². The van der Waals surface area contributed by atoms with Gasteiger partial charge in [0.05, 0.1) is 6.61 Å². The molecule has 0 aromatic heterocycles. The van der Waals surface area contributed by atoms with Crippen molar-refractivity contribution >= 4 is 23.1 Å². The molecule has 0 amide bonds. The summed E-state index contributed by atoms with van der Waals surface area (Å²) in [7, 11) is 0. The molecule has 1 rings (SSSR count). The van der Waals surface area contributed by atoms with Gasteiger partial charge in [0, 0.05) is 5.75 Å². The molecule has 0 aliphatic carbocycles. The minimum absolute atomic E-state index is 0. The van der Waals surface area contributed by atoms with Crippen molar-refractivity contribution in [3.63, 3.8) is 0 Å². The van der Waals surface area contributed by atoms with Crippen LogP contribution in [0.2, 0.25) is 0 Å². The number of rotatable bonds is 2. The summed E-state index contributed by atoms with van der Waals surface area (Å²) in [5, 5.41) is 0. The van der Waals surface area contributed by atoms with Crippen molar-refractivity contribution < 1.29 is 21.7 Å². The van der Waals surface area contributed by atoms with Crippen LogP contribution >= 0.6 is 0 Å². The third-order valence-corrected chi connectivity index (χ3v) is 1.27. The van der Waals surface area contributed by atoms with Crippen molar-refractivity contribution in [2.75, 3.05) is 6.61 Å². The van der Waals surface area contributed by atoms with Gasteiger partial charge >= 0.3 is 23.1 Å². The van der Waals surface area contributed by atoms with Gasteiger partial charge in [0.15, 0.2) is 0 Å². The van der Waals surface area contributed by atoms with Crippen LogP contribution in [-0.2, 0) is 0 Å². The topological polar surface area (TPSA) is 9.23 Å². The molecular weight excluding hydrogens is 228 g/mol. The van der Waals surface area contributed by atoms with E-state index in [1.807, 2.05) is 31.2 Å². The molecular formula is C9H11BrMgO. The Balaban J connectivity index is 0. The first kappa shape index (κ1) is 14.6. The molecule has 1 aromatic rings. The van der Waals surface area contributed by atoms with E-state index in [-0.39, 0.29) is 40.0 Å². The normalized spacial score (nSPS) is 7.75. The molecule has 0 spiro atoms. The Bertz CT molecular complexity index is 215. The Kier molecular flexibility index (Phi) is 9.48. The largest absolute Gasteiger partial charge is 2.00 e. The molecule has 0 aliphatic rings. The standard InChI is InChI=1S/C9H11O.BrH.Mg/c1-3-10-9-7-5-4-6-8(9)2;;/h4-7H,2-3H2,1H3;1H;/q-1;;+2/p-1. The van der Waals surface area contributed by atoms with Crippen LogP contribution in [0.15, 0.2) is 24.3 Å². The summed E-state index contributed by atoms with van der Waals surface area (Å²) in [6.07, 6.45) is 0. The van der Waals surface area contributed by atoms with Gasteiger partial charge in [0.2, 0.25) is 0 Å². The van der Waals surface area contributed by atoms with E-state index in [1.165, 1.54) is 0 Å². The molecule has 0 aliphatic heterocycles. The van der Waals surface area contributed by atoms with Gasteiger partial charge in [-0.25, -0.2) is 0 Å². The van der Waals surface area contributed by atoms with Crippen LogP contribution in [0.3, 0.4) is 0 Å². The predicted molar refractivity (Wildman–Crippen MR) is 47.8 cm³/mol. The monoisotopic (exact) mass is 238 g/mol. The zero-order valence-corrected chi connectivity index (χ0v) is 10.2. The first-order valence-corrected chi connectivity index (χ1v) is 3.38. The summed E-state index contributed by atoms with van der Waals surface area (Å²) in [6, 6.07) is 7.75. The smallest absolute Gasteiger partial charge is 1.00 e. The predicted octanol–water partition coefficient (Wildman–Crippen LogP) is -1.11. The summed E-state index contributed by atoms with van der Waals surface area (Å²) in [4.78, 5) is 0. The zero-order chi connectivity index (χ0) is 7.40. The second kappa shape index (κ2) is 7.77. The van der Waals surface area contributed by atoms with Gasteiger partial charge in [-0.3, -0.25) is 0 Å². The van der Waals surface area contributed by atoms with Crippen molar-refractivity contribution in [1.82, 2.24) is 0 Å². The molecule has 0 fully saturated rings. The Morgan fingerprint density at radius 2 is 1.92 bits per heavy atom. The summed E-state index contributed by atoms with van der Waals surface area (Å²) < 4.78 is 5.27. The van der Waals surface area contributed by atoms with E-state index in [2.05, 4.69) is 6.92 Å². The molecule has 12 heavy (non-hydrogen) atoms. The van der Waals surface area contributed by atoms with Crippen molar-refractivity contribution in [1.29, 1.82) is 0 Å². The second-order valence-corrected chi connectivity index (χ2v) is 2.04. The van der Waals surface area contributed by atoms with Crippen molar-refractivity contribution in [3.8, 4) is 5.75 Å². The van der Waals surface area contributed by atoms with Gasteiger partial charge in [-0.1, -0.05) is 12.1 Å². The average molecular weight is 239 g/mol. The molecule has 0 heterocycles. The molecule has 0 unspecified atom stereocenters. The first-order chi connectivity index (χ1) is 4.84. The molecule has 0 atom stereocenters. The van der Waals surface area contributed by atoms with Crippen LogP contribution < -0.4 is 21.7 Å². The first-order valence-electron chi connectivity index (χ1n) is 3.38. The van der Waals surface area contributed by atoms with Crippen molar-refractivity contribution in [2.24, 2.45) is 0 Å². The van der Waals surface area contributed by atoms with Crippen LogP contribution in [0.1, 0.15) is 12.5 Å². The van der Waals surface area contributed by atoms with Crippen LogP contribution in [0.25, 0.3) is 0 Å². The summed E-state index contributed by atoms with van der Waals surface area (Å²) in [5.41, 5.74) is 0.948. The van der Waals surface area contributed by atoms with Gasteiger partial charge in [-0.05, 0) is 6.92 Å². The minimum Gasteiger partial charge on any atom is -1.00 e. The average Bonchev–Trinajstić information content (AvgIpc) is 1.94. The number of para-hydroxylation sites is 1. The summed E-state index contributed by atoms with van der Waals surface area (Å²) >= 11 is 0. The SMILES string of the molecule is [Br-].[CH2-]c1ccccc1OCC.[Mg+2]. The van der Waals surface area contributed by atoms with Crippen LogP contribution in [0.4, 0.5) is 0 Å². The van der Waals surface area contributed by atoms with Crippen LogP contribution in [0, 0.1) is 6.92 Å². The van der Waals surface area contributed by atoms with E-state index in [4.69, 9.17) is 4.74 Å². The molecule has 0 radical (unpaired) electrons. The van der Waals surface area contributed by atoms with E-state index in [9.17, 15) is 0 Å². The molecule has 1 nitrogen and oxygen atoms in total. The summed E-state index contributed by atoms with van der Waals surface area (Å²) in [6.45, 7) is 6.48. The minimum atomic E-state index is 0. The summed E-state index contributed by atoms with van der Waals surface area (Å²) in [5.74, 6) is 0.880. The molecule has 0 saturated carbocycles. The Morgan fingerprint density at radius 1 is 1.33 bits per heavy atom. The van der Waals surface area contributed by atoms with Crippen molar-refractivity contribution in [2.45, 2.75) is 6.92 Å². The molecule has 62 valence electrons. The zero-order valence-electron chi connectivity index (χ0n) is 7.22. The Morgan fingerprint density at radius 3 is 2.42 bits per heavy atom. The fraction of sp³-hybridized carbons (Fsp3) is 0.222. The molecule has 1 aromatic carbocycles.